The van der Waals surface area contributed by atoms with Gasteiger partial charge in [-0.2, -0.15) is 0 Å². The predicted octanol–water partition coefficient (Wildman–Crippen LogP) is 2.70. The quantitative estimate of drug-likeness (QED) is 0.619. The van der Waals surface area contributed by atoms with E-state index >= 15 is 0 Å². The summed E-state index contributed by atoms with van der Waals surface area (Å²) >= 11 is 0. The number of halogens is 2. The molecular weight excluding hydrogens is 384 g/mol. The molecule has 1 amide bonds. The minimum absolute atomic E-state index is 0.103. The molecule has 0 bridgehead atoms. The summed E-state index contributed by atoms with van der Waals surface area (Å²) in [7, 11) is 0. The molecule has 0 saturated heterocycles. The molecule has 3 aromatic rings. The summed E-state index contributed by atoms with van der Waals surface area (Å²) in [4.78, 5) is 42.9. The number of ether oxygens (including phenoxy) is 1. The van der Waals surface area contributed by atoms with Crippen molar-refractivity contribution >= 4 is 28.5 Å². The Kier molecular flexibility index (Phi) is 5.96. The van der Waals surface area contributed by atoms with Crippen LogP contribution >= 0.6 is 0 Å². The molecule has 0 radical (unpaired) electrons. The summed E-state index contributed by atoms with van der Waals surface area (Å²) in [5.74, 6) is -2.74. The predicted molar refractivity (Wildman–Crippen MR) is 101 cm³/mol. The summed E-state index contributed by atoms with van der Waals surface area (Å²) < 4.78 is 31.8. The first kappa shape index (κ1) is 20.1. The maximum Gasteiger partial charge on any atom is 0.307 e. The smallest absolute Gasteiger partial charge is 0.307 e. The third-order valence-corrected chi connectivity index (χ3v) is 4.09. The van der Waals surface area contributed by atoms with Gasteiger partial charge in [0.05, 0.1) is 23.0 Å². The Morgan fingerprint density at radius 2 is 1.97 bits per heavy atom. The second kappa shape index (κ2) is 8.59. The number of benzene rings is 2. The van der Waals surface area contributed by atoms with E-state index in [1.165, 1.54) is 6.92 Å². The number of hydrogen-bond donors (Lipinski definition) is 2. The number of carbonyl (C=O) groups is 2. The number of hydrogen-bond acceptors (Lipinski definition) is 5. The van der Waals surface area contributed by atoms with Crippen LogP contribution in [0, 0.1) is 11.6 Å². The molecular formula is C20H17F2N3O4. The van der Waals surface area contributed by atoms with E-state index in [4.69, 9.17) is 4.74 Å². The highest BCUT2D eigenvalue weighted by molar-refractivity contribution is 5.95. The van der Waals surface area contributed by atoms with Crippen LogP contribution in [0.15, 0.2) is 47.3 Å². The molecule has 3 rings (SSSR count). The second-order valence-electron chi connectivity index (χ2n) is 6.28. The van der Waals surface area contributed by atoms with Crippen molar-refractivity contribution in [3.05, 3.63) is 70.3 Å². The fourth-order valence-corrected chi connectivity index (χ4v) is 2.61. The number of nitrogens with zero attached hydrogens (tertiary/aromatic N) is 1. The molecule has 0 unspecified atom stereocenters. The lowest BCUT2D eigenvalue weighted by Crippen LogP contribution is -2.30. The van der Waals surface area contributed by atoms with Crippen molar-refractivity contribution in [3.8, 4) is 0 Å². The molecule has 0 aliphatic rings. The fourth-order valence-electron chi connectivity index (χ4n) is 2.61. The molecule has 2 N–H and O–H groups in total. The lowest BCUT2D eigenvalue weighted by molar-refractivity contribution is -0.153. The number of fused-ring (bicyclic) bond motifs is 1. The molecule has 7 nitrogen and oxygen atoms in total. The number of rotatable bonds is 6. The number of amides is 1. The van der Waals surface area contributed by atoms with Crippen molar-refractivity contribution in [3.63, 3.8) is 0 Å². The minimum Gasteiger partial charge on any atom is -0.453 e. The summed E-state index contributed by atoms with van der Waals surface area (Å²) in [5.41, 5.74) is -0.163. The van der Waals surface area contributed by atoms with Crippen molar-refractivity contribution < 1.29 is 23.1 Å². The Bertz CT molecular complexity index is 1130. The monoisotopic (exact) mass is 401 g/mol. The van der Waals surface area contributed by atoms with E-state index in [-0.39, 0.29) is 24.1 Å². The number of aromatic nitrogens is 2. The maximum atomic E-state index is 13.6. The molecule has 1 aromatic heterocycles. The van der Waals surface area contributed by atoms with Gasteiger partial charge in [0.25, 0.3) is 11.5 Å². The van der Waals surface area contributed by atoms with Gasteiger partial charge in [-0.1, -0.05) is 12.1 Å². The van der Waals surface area contributed by atoms with E-state index in [1.807, 2.05) is 0 Å². The minimum atomic E-state index is -1.23. The third kappa shape index (κ3) is 5.01. The molecule has 0 fully saturated rings. The Morgan fingerprint density at radius 3 is 2.76 bits per heavy atom. The van der Waals surface area contributed by atoms with Crippen LogP contribution in [-0.2, 0) is 20.7 Å². The first-order chi connectivity index (χ1) is 13.8. The largest absolute Gasteiger partial charge is 0.453 e. The molecule has 9 heteroatoms. The highest BCUT2D eigenvalue weighted by Gasteiger charge is 2.19. The number of aryl methyl sites for hydroxylation is 1. The van der Waals surface area contributed by atoms with Gasteiger partial charge in [-0.3, -0.25) is 14.4 Å². The molecule has 29 heavy (non-hydrogen) atoms. The lowest BCUT2D eigenvalue weighted by Gasteiger charge is -2.14. The Morgan fingerprint density at radius 1 is 1.21 bits per heavy atom. The second-order valence-corrected chi connectivity index (χ2v) is 6.28. The van der Waals surface area contributed by atoms with Crippen molar-refractivity contribution in [2.45, 2.75) is 25.9 Å². The van der Waals surface area contributed by atoms with E-state index in [2.05, 4.69) is 15.3 Å². The zero-order chi connectivity index (χ0) is 21.0. The molecule has 150 valence electrons. The average molecular weight is 401 g/mol. The summed E-state index contributed by atoms with van der Waals surface area (Å²) in [6, 6.07) is 9.40. The van der Waals surface area contributed by atoms with Gasteiger partial charge in [-0.25, -0.2) is 13.8 Å². The molecule has 0 aliphatic carbocycles. The van der Waals surface area contributed by atoms with Gasteiger partial charge in [-0.15, -0.1) is 0 Å². The van der Waals surface area contributed by atoms with Gasteiger partial charge in [-0.05, 0) is 31.2 Å². The van der Waals surface area contributed by atoms with Crippen molar-refractivity contribution in [2.75, 3.05) is 5.32 Å². The Hall–Kier alpha value is -3.62. The standard InChI is InChI=1S/C20H17F2N3O4/c1-11(19(27)24-16-10-12(21)6-7-14(16)22)29-18(26)9-8-17-23-15-5-3-2-4-13(15)20(28)25-17/h2-7,10-11H,8-9H2,1H3,(H,24,27)(H,23,25,28)/t11-/m1/s1. The number of nitrogens with one attached hydrogen (secondary N) is 2. The van der Waals surface area contributed by atoms with Gasteiger partial charge in [0.15, 0.2) is 6.10 Å². The van der Waals surface area contributed by atoms with E-state index < -0.39 is 29.6 Å². The van der Waals surface area contributed by atoms with Crippen molar-refractivity contribution in [1.82, 2.24) is 9.97 Å². The topological polar surface area (TPSA) is 101 Å². The van der Waals surface area contributed by atoms with Gasteiger partial charge < -0.3 is 15.0 Å². The summed E-state index contributed by atoms with van der Waals surface area (Å²) in [5, 5.41) is 2.61. The zero-order valence-electron chi connectivity index (χ0n) is 15.4. The van der Waals surface area contributed by atoms with Crippen LogP contribution in [0.1, 0.15) is 19.2 Å². The number of aromatic amines is 1. The third-order valence-electron chi connectivity index (χ3n) is 4.09. The van der Waals surface area contributed by atoms with Crippen molar-refractivity contribution in [1.29, 1.82) is 0 Å². The first-order valence-corrected chi connectivity index (χ1v) is 8.77. The highest BCUT2D eigenvalue weighted by Crippen LogP contribution is 2.16. The molecule has 0 saturated carbocycles. The number of anilines is 1. The van der Waals surface area contributed by atoms with Gasteiger partial charge in [0, 0.05) is 12.5 Å². The van der Waals surface area contributed by atoms with E-state index in [9.17, 15) is 23.2 Å². The molecule has 2 aromatic carbocycles. The molecule has 0 aliphatic heterocycles. The number of esters is 1. The average Bonchev–Trinajstić information content (AvgIpc) is 2.69. The Balaban J connectivity index is 1.57. The van der Waals surface area contributed by atoms with E-state index in [0.29, 0.717) is 16.7 Å². The van der Waals surface area contributed by atoms with Crippen molar-refractivity contribution in [2.24, 2.45) is 0 Å². The van der Waals surface area contributed by atoms with E-state index in [0.717, 1.165) is 18.2 Å². The zero-order valence-corrected chi connectivity index (χ0v) is 15.4. The van der Waals surface area contributed by atoms with Crippen LogP contribution in [0.5, 0.6) is 0 Å². The maximum absolute atomic E-state index is 13.6. The molecule has 1 heterocycles. The Labute approximate surface area is 163 Å². The van der Waals surface area contributed by atoms with Crippen LogP contribution in [0.4, 0.5) is 14.5 Å². The SMILES string of the molecule is C[C@@H](OC(=O)CCc1nc2ccccc2c(=O)[nH]1)C(=O)Nc1cc(F)ccc1F. The number of carbonyl (C=O) groups excluding carboxylic acids is 2. The lowest BCUT2D eigenvalue weighted by atomic mass is 10.2. The highest BCUT2D eigenvalue weighted by atomic mass is 19.1. The number of para-hydroxylation sites is 1. The summed E-state index contributed by atoms with van der Waals surface area (Å²) in [6.45, 7) is 1.31. The van der Waals surface area contributed by atoms with Crippen LogP contribution in [0.3, 0.4) is 0 Å². The van der Waals surface area contributed by atoms with Gasteiger partial charge in [0.1, 0.15) is 17.5 Å². The van der Waals surface area contributed by atoms with Crippen LogP contribution in [-0.4, -0.2) is 27.9 Å². The van der Waals surface area contributed by atoms with Crippen LogP contribution in [0.25, 0.3) is 10.9 Å². The van der Waals surface area contributed by atoms with E-state index in [1.54, 1.807) is 24.3 Å². The van der Waals surface area contributed by atoms with Crippen LogP contribution in [0.2, 0.25) is 0 Å². The summed E-state index contributed by atoms with van der Waals surface area (Å²) in [6.07, 6.45) is -1.26. The van der Waals surface area contributed by atoms with Crippen LogP contribution < -0.4 is 10.9 Å². The first-order valence-electron chi connectivity index (χ1n) is 8.77. The normalized spacial score (nSPS) is 11.8. The molecule has 0 spiro atoms. The fraction of sp³-hybridized carbons (Fsp3) is 0.200. The van der Waals surface area contributed by atoms with Gasteiger partial charge in [0.2, 0.25) is 0 Å². The molecule has 1 atom stereocenters. The number of H-pyrrole nitrogens is 1. The van der Waals surface area contributed by atoms with Gasteiger partial charge >= 0.3 is 5.97 Å².